The Kier molecular flexibility index (Phi) is 19.5. The van der Waals surface area contributed by atoms with Crippen molar-refractivity contribution >= 4 is 70.1 Å². The maximum atomic E-state index is 15.2. The minimum absolute atomic E-state index is 0.0403. The number of ether oxygens (including phenoxy) is 3. The number of hydrogen-bond donors (Lipinski definition) is 5. The van der Waals surface area contributed by atoms with Crippen LogP contribution < -0.4 is 21.3 Å². The van der Waals surface area contributed by atoms with Crippen LogP contribution in [0.5, 0.6) is 0 Å². The van der Waals surface area contributed by atoms with Gasteiger partial charge in [0.1, 0.15) is 39.6 Å². The quantitative estimate of drug-likeness (QED) is 0.0421. The number of pyridine rings is 1. The molecule has 5 N–H and O–H groups in total. The molecule has 0 spiro atoms. The Bertz CT molecular complexity index is 2820. The van der Waals surface area contributed by atoms with Crippen LogP contribution in [0, 0.1) is 0 Å². The topological polar surface area (TPSA) is 241 Å². The van der Waals surface area contributed by atoms with E-state index < -0.39 is 64.8 Å². The summed E-state index contributed by atoms with van der Waals surface area (Å²) in [7, 11) is 1.52. The average molecular weight is 1070 g/mol. The predicted octanol–water partition coefficient (Wildman–Crippen LogP) is 8.65. The second-order valence-electron chi connectivity index (χ2n) is 21.5. The molecule has 0 unspecified atom stereocenters. The van der Waals surface area contributed by atoms with Crippen molar-refractivity contribution in [2.45, 2.75) is 172 Å². The lowest BCUT2D eigenvalue weighted by Gasteiger charge is -2.32. The fraction of sp³-hybridized carbons (Fsp3) is 0.500. The van der Waals surface area contributed by atoms with Gasteiger partial charge in [-0.25, -0.2) is 14.6 Å². The fourth-order valence-corrected chi connectivity index (χ4v) is 9.75. The third-order valence-electron chi connectivity index (χ3n) is 11.9. The van der Waals surface area contributed by atoms with E-state index in [9.17, 15) is 19.2 Å². The summed E-state index contributed by atoms with van der Waals surface area (Å²) in [5.74, 6) is -1.89. The maximum Gasteiger partial charge on any atom is 0.419 e. The van der Waals surface area contributed by atoms with Crippen molar-refractivity contribution in [3.63, 3.8) is 0 Å². The number of fused-ring (bicyclic) bond motifs is 3. The first-order valence-corrected chi connectivity index (χ1v) is 26.4. The van der Waals surface area contributed by atoms with Crippen molar-refractivity contribution in [2.75, 3.05) is 13.6 Å². The van der Waals surface area contributed by atoms with E-state index in [1.54, 1.807) is 105 Å². The van der Waals surface area contributed by atoms with E-state index in [-0.39, 0.29) is 44.9 Å². The van der Waals surface area contributed by atoms with Crippen LogP contribution in [0.15, 0.2) is 77.0 Å². The summed E-state index contributed by atoms with van der Waals surface area (Å²) in [6.45, 7) is 16.4. The van der Waals surface area contributed by atoms with Crippen LogP contribution in [0.3, 0.4) is 0 Å². The number of unbranched alkanes of at least 4 members (excludes halogenated alkanes) is 2. The number of aromatic nitrogens is 5. The summed E-state index contributed by atoms with van der Waals surface area (Å²) in [6, 6.07) is 11.4. The zero-order valence-corrected chi connectivity index (χ0v) is 46.1. The number of para-hydroxylation sites is 1. The summed E-state index contributed by atoms with van der Waals surface area (Å²) in [4.78, 5) is 90.6. The molecule has 0 aliphatic carbocycles. The number of carbonyl (C=O) groups is 6. The SMILES string of the molecule is CN1C(=O)[C@H](CCCCNC(=O)OC(C)(C)C)NC(=O)[C@H](CCCCC(=O)OC(C)(C)C)NCc2cccnc2Sc2c(Cl)cc(-c3cn[nH]n3)cc2CNC(=O)[C@@H]1Cc1cn(C(=O)OC(C)(C)C)c2ccccc12. The molecule has 4 amide bonds. The third kappa shape index (κ3) is 17.0. The van der Waals surface area contributed by atoms with Gasteiger partial charge in [-0.3, -0.25) is 23.7 Å². The van der Waals surface area contributed by atoms with Crippen molar-refractivity contribution in [3.8, 4) is 11.3 Å². The number of nitrogens with zero attached hydrogens (tertiary/aromatic N) is 5. The van der Waals surface area contributed by atoms with E-state index in [1.807, 2.05) is 24.3 Å². The molecule has 75 heavy (non-hydrogen) atoms. The van der Waals surface area contributed by atoms with Gasteiger partial charge in [-0.2, -0.15) is 15.4 Å². The minimum atomic E-state index is -1.20. The van der Waals surface area contributed by atoms with Gasteiger partial charge >= 0.3 is 18.2 Å². The molecule has 1 aliphatic rings. The summed E-state index contributed by atoms with van der Waals surface area (Å²) in [5, 5.41) is 24.8. The van der Waals surface area contributed by atoms with Crippen LogP contribution in [-0.4, -0.2) is 114 Å². The fourth-order valence-electron chi connectivity index (χ4n) is 8.40. The van der Waals surface area contributed by atoms with Crippen LogP contribution in [0.2, 0.25) is 5.02 Å². The Hall–Kier alpha value is -6.51. The largest absolute Gasteiger partial charge is 0.460 e. The molecule has 6 rings (SSSR count). The Morgan fingerprint density at radius 3 is 2.24 bits per heavy atom. The first-order chi connectivity index (χ1) is 35.4. The van der Waals surface area contributed by atoms with E-state index in [0.29, 0.717) is 80.3 Å². The van der Waals surface area contributed by atoms with Gasteiger partial charge in [0.05, 0.1) is 22.8 Å². The smallest absolute Gasteiger partial charge is 0.419 e. The number of alkyl carbamates (subject to hydrolysis) is 1. The van der Waals surface area contributed by atoms with E-state index >= 15 is 9.59 Å². The van der Waals surface area contributed by atoms with Gasteiger partial charge in [-0.15, -0.1) is 0 Å². The molecule has 2 aromatic carbocycles. The Morgan fingerprint density at radius 1 is 0.827 bits per heavy atom. The number of likely N-dealkylation sites (N-methyl/N-ethyl adjacent to an activating group) is 1. The Morgan fingerprint density at radius 2 is 1.53 bits per heavy atom. The van der Waals surface area contributed by atoms with E-state index in [2.05, 4.69) is 36.7 Å². The Labute approximate surface area is 447 Å². The molecular weight excluding hydrogens is 1000 g/mol. The summed E-state index contributed by atoms with van der Waals surface area (Å²) in [5.41, 5.74) is 1.51. The zero-order valence-electron chi connectivity index (χ0n) is 44.6. The number of aromatic amines is 1. The second-order valence-corrected chi connectivity index (χ2v) is 22.9. The molecule has 0 fully saturated rings. The molecule has 0 saturated heterocycles. The minimum Gasteiger partial charge on any atom is -0.460 e. The number of nitrogens with one attached hydrogen (secondary N) is 5. The number of esters is 1. The summed E-state index contributed by atoms with van der Waals surface area (Å²) < 4.78 is 18.1. The van der Waals surface area contributed by atoms with E-state index in [4.69, 9.17) is 30.8 Å². The van der Waals surface area contributed by atoms with Gasteiger partial charge in [0.15, 0.2) is 0 Å². The number of rotatable bonds is 13. The third-order valence-corrected chi connectivity index (χ3v) is 13.5. The molecule has 1 aliphatic heterocycles. The number of amides is 4. The molecule has 3 aromatic heterocycles. The number of hydrogen-bond acceptors (Lipinski definition) is 14. The van der Waals surface area contributed by atoms with E-state index in [1.165, 1.54) is 28.3 Å². The van der Waals surface area contributed by atoms with Gasteiger partial charge < -0.3 is 40.4 Å². The maximum absolute atomic E-state index is 15.2. The number of carbonyl (C=O) groups excluding carboxylic acids is 6. The van der Waals surface area contributed by atoms with Gasteiger partial charge in [0.2, 0.25) is 17.7 Å². The molecule has 3 atom stereocenters. The molecule has 404 valence electrons. The second kappa shape index (κ2) is 25.3. The zero-order chi connectivity index (χ0) is 54.7. The molecular formula is C54H71ClN10O9S. The number of benzene rings is 2. The predicted molar refractivity (Wildman–Crippen MR) is 286 cm³/mol. The van der Waals surface area contributed by atoms with Crippen molar-refractivity contribution in [1.29, 1.82) is 0 Å². The lowest BCUT2D eigenvalue weighted by Crippen LogP contribution is -2.57. The number of halogens is 1. The highest BCUT2D eigenvalue weighted by Gasteiger charge is 2.35. The highest BCUT2D eigenvalue weighted by atomic mass is 35.5. The molecule has 5 aromatic rings. The van der Waals surface area contributed by atoms with Crippen molar-refractivity contribution in [1.82, 2.24) is 51.1 Å². The monoisotopic (exact) mass is 1070 g/mol. The highest BCUT2D eigenvalue weighted by Crippen LogP contribution is 2.39. The molecule has 0 bridgehead atoms. The van der Waals surface area contributed by atoms with Crippen LogP contribution in [0.1, 0.15) is 124 Å². The lowest BCUT2D eigenvalue weighted by atomic mass is 10.0. The average Bonchev–Trinajstić information content (AvgIpc) is 4.00. The Balaban J connectivity index is 1.42. The summed E-state index contributed by atoms with van der Waals surface area (Å²) >= 11 is 8.44. The van der Waals surface area contributed by atoms with Gasteiger partial charge in [-0.1, -0.05) is 54.0 Å². The molecule has 0 radical (unpaired) electrons. The van der Waals surface area contributed by atoms with Crippen LogP contribution in [-0.2, 0) is 52.9 Å². The standard InChI is InChI=1S/C54H71ClN10O9S/c1-52(2,3)72-44(66)23-14-12-20-39-46(67)61-40(21-15-16-24-57-50(70)73-53(4,5)6)49(69)64(10)43(28-36-32-65(51(71)74-54(7,8)9)42-22-13-11-19-37(36)42)47(68)59-30-35-26-34(41-31-60-63-62-41)27-38(55)45(35)75-48-33(29-58-39)18-17-25-56-48/h11,13,17-19,22,25-27,31-32,39-40,43,58H,12,14-16,20-21,23-24,28-30H2,1-10H3,(H,57,70)(H,59,68)(H,61,67)(H,60,62,63)/t39-,40-,43-/m0/s1. The normalized spacial score (nSPS) is 17.3. The van der Waals surface area contributed by atoms with Gasteiger partial charge in [0.25, 0.3) is 0 Å². The van der Waals surface area contributed by atoms with Gasteiger partial charge in [-0.05, 0) is 135 Å². The van der Waals surface area contributed by atoms with Crippen molar-refractivity contribution < 1.29 is 43.0 Å². The highest BCUT2D eigenvalue weighted by molar-refractivity contribution is 7.99. The van der Waals surface area contributed by atoms with E-state index in [0.717, 1.165) is 5.56 Å². The number of H-pyrrole nitrogens is 1. The lowest BCUT2D eigenvalue weighted by molar-refractivity contribution is -0.155. The summed E-state index contributed by atoms with van der Waals surface area (Å²) in [6.07, 6.45) is 5.91. The molecule has 19 nitrogen and oxygen atoms in total. The first-order valence-electron chi connectivity index (χ1n) is 25.2. The van der Waals surface area contributed by atoms with Crippen LogP contribution >= 0.6 is 23.4 Å². The van der Waals surface area contributed by atoms with Crippen LogP contribution in [0.25, 0.3) is 22.2 Å². The van der Waals surface area contributed by atoms with Crippen molar-refractivity contribution in [3.05, 3.63) is 88.8 Å². The molecule has 0 saturated carbocycles. The molecule has 4 heterocycles. The molecule has 21 heteroatoms. The first kappa shape index (κ1) is 57.8. The van der Waals surface area contributed by atoms with Gasteiger partial charge in [0, 0.05) is 67.8 Å². The van der Waals surface area contributed by atoms with Crippen LogP contribution in [0.4, 0.5) is 9.59 Å². The van der Waals surface area contributed by atoms with Crippen molar-refractivity contribution in [2.24, 2.45) is 0 Å².